The van der Waals surface area contributed by atoms with Crippen molar-refractivity contribution in [1.29, 1.82) is 0 Å². The van der Waals surface area contributed by atoms with Crippen molar-refractivity contribution in [3.63, 3.8) is 0 Å². The highest BCUT2D eigenvalue weighted by Crippen LogP contribution is 2.34. The molecule has 3 aromatic rings. The largest absolute Gasteiger partial charge is 0.545 e. The zero-order chi connectivity index (χ0) is 25.6. The van der Waals surface area contributed by atoms with Crippen LogP contribution in [0.5, 0.6) is 0 Å². The maximum Gasteiger partial charge on any atom is 0.266 e. The first-order valence-electron chi connectivity index (χ1n) is 10.5. The summed E-state index contributed by atoms with van der Waals surface area (Å²) < 4.78 is 0. The third-order valence-corrected chi connectivity index (χ3v) is 5.67. The molecule has 0 aliphatic carbocycles. The molecular weight excluding hydrogens is 452 g/mol. The Morgan fingerprint density at radius 2 is 1.26 bits per heavy atom. The first-order valence-corrected chi connectivity index (χ1v) is 10.5. The summed E-state index contributed by atoms with van der Waals surface area (Å²) >= 11 is 0. The Labute approximate surface area is 199 Å². The van der Waals surface area contributed by atoms with Crippen molar-refractivity contribution < 1.29 is 34.2 Å². The summed E-state index contributed by atoms with van der Waals surface area (Å²) in [6.45, 7) is 5.52. The molecule has 0 radical (unpaired) electrons. The van der Waals surface area contributed by atoms with Gasteiger partial charge < -0.3 is 25.1 Å². The van der Waals surface area contributed by atoms with Gasteiger partial charge in [0.15, 0.2) is 0 Å². The van der Waals surface area contributed by atoms with Gasteiger partial charge in [-0.3, -0.25) is 14.4 Å². The van der Waals surface area contributed by atoms with E-state index in [2.05, 4.69) is 5.32 Å². The molecular formula is C26H18N2O7-2. The van der Waals surface area contributed by atoms with Gasteiger partial charge in [0.2, 0.25) is 0 Å². The van der Waals surface area contributed by atoms with Gasteiger partial charge in [0.25, 0.3) is 17.7 Å². The number of carbonyl (C=O) groups excluding carboxylic acids is 5. The van der Waals surface area contributed by atoms with Crippen LogP contribution in [0.25, 0.3) is 0 Å². The normalized spacial score (nSPS) is 12.5. The molecule has 35 heavy (non-hydrogen) atoms. The Kier molecular flexibility index (Phi) is 5.69. The summed E-state index contributed by atoms with van der Waals surface area (Å²) in [6.07, 6.45) is 0. The molecule has 1 aliphatic heterocycles. The fourth-order valence-corrected chi connectivity index (χ4v) is 4.25. The maximum atomic E-state index is 13.2. The Bertz CT molecular complexity index is 1420. The minimum Gasteiger partial charge on any atom is -0.545 e. The molecule has 1 heterocycles. The zero-order valence-corrected chi connectivity index (χ0v) is 18.9. The van der Waals surface area contributed by atoms with Gasteiger partial charge in [-0.25, -0.2) is 4.90 Å². The number of carboxylic acid groups (broad SMARTS) is 2. The maximum absolute atomic E-state index is 13.2. The van der Waals surface area contributed by atoms with Gasteiger partial charge in [-0.15, -0.1) is 0 Å². The number of aryl methyl sites for hydroxylation is 3. The molecule has 3 amide bonds. The summed E-state index contributed by atoms with van der Waals surface area (Å²) in [5.41, 5.74) is 2.14. The summed E-state index contributed by atoms with van der Waals surface area (Å²) in [7, 11) is 0. The summed E-state index contributed by atoms with van der Waals surface area (Å²) in [5, 5.41) is 24.8. The summed E-state index contributed by atoms with van der Waals surface area (Å²) in [5.74, 6) is -5.09. The van der Waals surface area contributed by atoms with Crippen molar-refractivity contribution in [3.05, 3.63) is 93.0 Å². The molecule has 0 fully saturated rings. The smallest absolute Gasteiger partial charge is 0.266 e. The van der Waals surface area contributed by atoms with Crippen molar-refractivity contribution >= 4 is 41.0 Å². The van der Waals surface area contributed by atoms with Gasteiger partial charge >= 0.3 is 0 Å². The number of aromatic carboxylic acids is 2. The van der Waals surface area contributed by atoms with Crippen LogP contribution in [0.1, 0.15) is 68.5 Å². The monoisotopic (exact) mass is 470 g/mol. The van der Waals surface area contributed by atoms with Crippen LogP contribution in [-0.2, 0) is 0 Å². The topological polar surface area (TPSA) is 147 Å². The number of carboxylic acids is 2. The third kappa shape index (κ3) is 4.15. The highest BCUT2D eigenvalue weighted by atomic mass is 16.4. The highest BCUT2D eigenvalue weighted by Gasteiger charge is 2.38. The van der Waals surface area contributed by atoms with E-state index in [-0.39, 0.29) is 22.4 Å². The Morgan fingerprint density at radius 3 is 1.80 bits per heavy atom. The van der Waals surface area contributed by atoms with E-state index >= 15 is 0 Å². The molecule has 9 nitrogen and oxygen atoms in total. The van der Waals surface area contributed by atoms with Gasteiger partial charge in [-0.05, 0) is 79.4 Å². The number of hydrogen-bond acceptors (Lipinski definition) is 7. The summed E-state index contributed by atoms with van der Waals surface area (Å²) in [4.78, 5) is 62.5. The van der Waals surface area contributed by atoms with Gasteiger partial charge in [0, 0.05) is 11.3 Å². The van der Waals surface area contributed by atoms with Crippen LogP contribution in [0, 0.1) is 20.8 Å². The summed E-state index contributed by atoms with van der Waals surface area (Å²) in [6, 6.07) is 10.6. The molecule has 0 spiro atoms. The lowest BCUT2D eigenvalue weighted by atomic mass is 10.0. The number of fused-ring (bicyclic) bond motifs is 1. The fourth-order valence-electron chi connectivity index (χ4n) is 4.25. The molecule has 0 aromatic heterocycles. The number of nitrogens with one attached hydrogen (secondary N) is 1. The van der Waals surface area contributed by atoms with Crippen LogP contribution in [0.2, 0.25) is 0 Å². The van der Waals surface area contributed by atoms with Crippen LogP contribution >= 0.6 is 0 Å². The predicted molar refractivity (Wildman–Crippen MR) is 121 cm³/mol. The second-order valence-electron chi connectivity index (χ2n) is 8.28. The Hall–Kier alpha value is -4.79. The first kappa shape index (κ1) is 23.4. The van der Waals surface area contributed by atoms with E-state index in [0.717, 1.165) is 39.8 Å². The van der Waals surface area contributed by atoms with Crippen LogP contribution in [0.3, 0.4) is 0 Å². The van der Waals surface area contributed by atoms with Gasteiger partial charge in [0.1, 0.15) is 0 Å². The average molecular weight is 470 g/mol. The number of benzene rings is 3. The van der Waals surface area contributed by atoms with E-state index in [1.54, 1.807) is 13.8 Å². The lowest BCUT2D eigenvalue weighted by molar-refractivity contribution is -0.255. The van der Waals surface area contributed by atoms with E-state index in [4.69, 9.17) is 0 Å². The number of carbonyl (C=O) groups is 5. The average Bonchev–Trinajstić information content (AvgIpc) is 3.03. The molecule has 3 aromatic carbocycles. The van der Waals surface area contributed by atoms with Gasteiger partial charge in [0.05, 0.1) is 28.8 Å². The second kappa shape index (κ2) is 8.53. The fraction of sp³-hybridized carbons (Fsp3) is 0.115. The lowest BCUT2D eigenvalue weighted by Crippen LogP contribution is -2.30. The number of anilines is 2. The van der Waals surface area contributed by atoms with Crippen LogP contribution in [0.15, 0.2) is 48.5 Å². The predicted octanol–water partition coefficient (Wildman–Crippen LogP) is 1.39. The lowest BCUT2D eigenvalue weighted by Gasteiger charge is -2.20. The van der Waals surface area contributed by atoms with Crippen LogP contribution in [-0.4, -0.2) is 29.7 Å². The van der Waals surface area contributed by atoms with Gasteiger partial charge in [-0.1, -0.05) is 17.7 Å². The standard InChI is InChI=1S/C26H20N2O7/c1-12-6-13(2)21(14(3)7-12)28-23(30)19-5-4-15(11-20(19)24(28)31)22(29)27-18-9-16(25(32)33)8-17(10-18)26(34)35/h4-11H,1-3H3,(H,27,29)(H,32,33)(H,34,35)/p-2. The first-order chi connectivity index (χ1) is 16.5. The molecule has 1 aliphatic rings. The molecule has 0 saturated carbocycles. The molecule has 0 unspecified atom stereocenters. The van der Waals surface area contributed by atoms with Crippen molar-refractivity contribution in [2.45, 2.75) is 20.8 Å². The Balaban J connectivity index is 1.67. The molecule has 9 heteroatoms. The van der Waals surface area contributed by atoms with Crippen molar-refractivity contribution in [1.82, 2.24) is 0 Å². The van der Waals surface area contributed by atoms with E-state index in [1.165, 1.54) is 18.2 Å². The van der Waals surface area contributed by atoms with Crippen LogP contribution in [0.4, 0.5) is 11.4 Å². The minimum atomic E-state index is -1.63. The number of rotatable bonds is 5. The SMILES string of the molecule is Cc1cc(C)c(N2C(=O)c3ccc(C(=O)Nc4cc(C(=O)[O-])cc(C(=O)[O-])c4)cc3C2=O)c(C)c1. The highest BCUT2D eigenvalue weighted by molar-refractivity contribution is 6.35. The van der Waals surface area contributed by atoms with Gasteiger partial charge in [-0.2, -0.15) is 0 Å². The molecule has 0 atom stereocenters. The zero-order valence-electron chi connectivity index (χ0n) is 18.9. The van der Waals surface area contributed by atoms with Crippen molar-refractivity contribution in [2.24, 2.45) is 0 Å². The molecule has 0 bridgehead atoms. The van der Waals surface area contributed by atoms with E-state index in [1.807, 2.05) is 19.1 Å². The number of nitrogens with zero attached hydrogens (tertiary/aromatic N) is 1. The number of hydrogen-bond donors (Lipinski definition) is 1. The van der Waals surface area contributed by atoms with E-state index in [9.17, 15) is 34.2 Å². The second-order valence-corrected chi connectivity index (χ2v) is 8.28. The van der Waals surface area contributed by atoms with E-state index < -0.39 is 40.8 Å². The minimum absolute atomic E-state index is 0.0120. The van der Waals surface area contributed by atoms with Crippen LogP contribution < -0.4 is 20.4 Å². The number of amides is 3. The molecule has 0 saturated heterocycles. The molecule has 176 valence electrons. The quantitative estimate of drug-likeness (QED) is 0.554. The van der Waals surface area contributed by atoms with Crippen molar-refractivity contribution in [2.75, 3.05) is 10.2 Å². The Morgan fingerprint density at radius 1 is 0.714 bits per heavy atom. The third-order valence-electron chi connectivity index (χ3n) is 5.67. The molecule has 1 N–H and O–H groups in total. The molecule has 4 rings (SSSR count). The van der Waals surface area contributed by atoms with E-state index in [0.29, 0.717) is 5.69 Å². The number of imide groups is 1. The van der Waals surface area contributed by atoms with Crippen molar-refractivity contribution in [3.8, 4) is 0 Å².